The van der Waals surface area contributed by atoms with Gasteiger partial charge in [0.25, 0.3) is 0 Å². The van der Waals surface area contributed by atoms with E-state index in [1.807, 2.05) is 48.7 Å². The highest BCUT2D eigenvalue weighted by Gasteiger charge is 2.08. The number of phenolic OH excluding ortho intramolecular Hbond substituents is 1. The summed E-state index contributed by atoms with van der Waals surface area (Å²) in [5.41, 5.74) is 2.44. The van der Waals surface area contributed by atoms with E-state index in [1.54, 1.807) is 16.8 Å². The van der Waals surface area contributed by atoms with Gasteiger partial charge in [-0.15, -0.1) is 0 Å². The van der Waals surface area contributed by atoms with Crippen LogP contribution in [0.3, 0.4) is 0 Å². The fourth-order valence-electron chi connectivity index (χ4n) is 1.91. The van der Waals surface area contributed by atoms with Gasteiger partial charge in [-0.3, -0.25) is 0 Å². The normalized spacial score (nSPS) is 10.6. The number of halogens is 1. The van der Waals surface area contributed by atoms with E-state index in [0.717, 1.165) is 15.9 Å². The third kappa shape index (κ3) is 2.39. The number of phenols is 1. The molecule has 0 unspecified atom stereocenters. The highest BCUT2D eigenvalue weighted by atomic mass is 79.9. The molecule has 0 bridgehead atoms. The number of aromatic hydroxyl groups is 1. The second kappa shape index (κ2) is 4.90. The topological polar surface area (TPSA) is 38.0 Å². The molecule has 3 rings (SSSR count). The predicted octanol–water partition coefficient (Wildman–Crippen LogP) is 4.01. The van der Waals surface area contributed by atoms with Gasteiger partial charge in [-0.2, -0.15) is 5.10 Å². The maximum atomic E-state index is 9.90. The molecular weight excluding hydrogens is 304 g/mol. The second-order valence-corrected chi connectivity index (χ2v) is 5.06. The van der Waals surface area contributed by atoms with E-state index < -0.39 is 0 Å². The number of hydrogen-bond donors (Lipinski definition) is 1. The molecule has 0 saturated heterocycles. The Balaban J connectivity index is 2.04. The standard InChI is InChI=1S/C15H11BrN2O/c16-11-6-7-15(19)13(10-11)14-8-9-18(17-14)12-4-2-1-3-5-12/h1-10,19H. The molecule has 1 aromatic heterocycles. The average Bonchev–Trinajstić information content (AvgIpc) is 2.92. The molecule has 0 radical (unpaired) electrons. The van der Waals surface area contributed by atoms with Gasteiger partial charge in [0.15, 0.2) is 0 Å². The molecule has 0 saturated carbocycles. The summed E-state index contributed by atoms with van der Waals surface area (Å²) in [7, 11) is 0. The molecule has 0 atom stereocenters. The monoisotopic (exact) mass is 314 g/mol. The molecular formula is C15H11BrN2O. The molecule has 3 nitrogen and oxygen atoms in total. The number of nitrogens with zero attached hydrogens (tertiary/aromatic N) is 2. The minimum Gasteiger partial charge on any atom is -0.507 e. The van der Waals surface area contributed by atoms with Crippen molar-refractivity contribution in [1.82, 2.24) is 9.78 Å². The first-order chi connectivity index (χ1) is 9.24. The van der Waals surface area contributed by atoms with Crippen molar-refractivity contribution in [3.05, 3.63) is 65.3 Å². The molecule has 19 heavy (non-hydrogen) atoms. The van der Waals surface area contributed by atoms with Crippen LogP contribution in [0.1, 0.15) is 0 Å². The summed E-state index contributed by atoms with van der Waals surface area (Å²) in [6.45, 7) is 0. The van der Waals surface area contributed by atoms with E-state index >= 15 is 0 Å². The van der Waals surface area contributed by atoms with Crippen molar-refractivity contribution in [2.75, 3.05) is 0 Å². The molecule has 0 spiro atoms. The summed E-state index contributed by atoms with van der Waals surface area (Å²) in [5, 5.41) is 14.4. The van der Waals surface area contributed by atoms with Crippen molar-refractivity contribution in [3.8, 4) is 22.7 Å². The van der Waals surface area contributed by atoms with Gasteiger partial charge in [0.05, 0.1) is 11.4 Å². The highest BCUT2D eigenvalue weighted by molar-refractivity contribution is 9.10. The van der Waals surface area contributed by atoms with Crippen LogP contribution in [0.2, 0.25) is 0 Å². The molecule has 0 aliphatic rings. The molecule has 0 aliphatic carbocycles. The van der Waals surface area contributed by atoms with E-state index in [9.17, 15) is 5.11 Å². The molecule has 4 heteroatoms. The summed E-state index contributed by atoms with van der Waals surface area (Å²) in [5.74, 6) is 0.224. The van der Waals surface area contributed by atoms with Crippen LogP contribution in [0.5, 0.6) is 5.75 Å². The van der Waals surface area contributed by atoms with Crippen molar-refractivity contribution in [2.45, 2.75) is 0 Å². The van der Waals surface area contributed by atoms with E-state index in [2.05, 4.69) is 21.0 Å². The lowest BCUT2D eigenvalue weighted by atomic mass is 10.1. The van der Waals surface area contributed by atoms with Gasteiger partial charge in [0.2, 0.25) is 0 Å². The first-order valence-electron chi connectivity index (χ1n) is 5.84. The summed E-state index contributed by atoms with van der Waals surface area (Å²) in [4.78, 5) is 0. The number of para-hydroxylation sites is 1. The minimum absolute atomic E-state index is 0.224. The van der Waals surface area contributed by atoms with Crippen LogP contribution in [0, 0.1) is 0 Å². The Morgan fingerprint density at radius 2 is 1.79 bits per heavy atom. The summed E-state index contributed by atoms with van der Waals surface area (Å²) in [6, 6.07) is 17.1. The highest BCUT2D eigenvalue weighted by Crippen LogP contribution is 2.30. The van der Waals surface area contributed by atoms with E-state index in [0.29, 0.717) is 5.56 Å². The number of hydrogen-bond acceptors (Lipinski definition) is 2. The summed E-state index contributed by atoms with van der Waals surface area (Å²) in [6.07, 6.45) is 1.88. The molecule has 2 aromatic carbocycles. The van der Waals surface area contributed by atoms with Crippen LogP contribution in [-0.2, 0) is 0 Å². The van der Waals surface area contributed by atoms with Crippen LogP contribution in [0.15, 0.2) is 65.3 Å². The smallest absolute Gasteiger partial charge is 0.125 e. The van der Waals surface area contributed by atoms with Crippen molar-refractivity contribution in [3.63, 3.8) is 0 Å². The molecule has 94 valence electrons. The van der Waals surface area contributed by atoms with Crippen molar-refractivity contribution in [2.24, 2.45) is 0 Å². The van der Waals surface area contributed by atoms with Crippen LogP contribution >= 0.6 is 15.9 Å². The largest absolute Gasteiger partial charge is 0.507 e. The minimum atomic E-state index is 0.224. The zero-order valence-electron chi connectivity index (χ0n) is 9.99. The van der Waals surface area contributed by atoms with Crippen LogP contribution in [-0.4, -0.2) is 14.9 Å². The van der Waals surface area contributed by atoms with E-state index in [4.69, 9.17) is 0 Å². The number of aromatic nitrogens is 2. The quantitative estimate of drug-likeness (QED) is 0.776. The Bertz CT molecular complexity index is 707. The third-order valence-electron chi connectivity index (χ3n) is 2.84. The molecule has 1 heterocycles. The Kier molecular flexibility index (Phi) is 3.09. The SMILES string of the molecule is Oc1ccc(Br)cc1-c1ccn(-c2ccccc2)n1. The second-order valence-electron chi connectivity index (χ2n) is 4.14. The Hall–Kier alpha value is -2.07. The lowest BCUT2D eigenvalue weighted by molar-refractivity contribution is 0.477. The molecule has 0 aliphatic heterocycles. The molecule has 3 aromatic rings. The van der Waals surface area contributed by atoms with Crippen LogP contribution < -0.4 is 0 Å². The van der Waals surface area contributed by atoms with Gasteiger partial charge < -0.3 is 5.11 Å². The van der Waals surface area contributed by atoms with Gasteiger partial charge >= 0.3 is 0 Å². The fraction of sp³-hybridized carbons (Fsp3) is 0. The van der Waals surface area contributed by atoms with Gasteiger partial charge in [-0.05, 0) is 36.4 Å². The first kappa shape index (κ1) is 12.0. The average molecular weight is 315 g/mol. The van der Waals surface area contributed by atoms with Gasteiger partial charge in [-0.25, -0.2) is 4.68 Å². The van der Waals surface area contributed by atoms with Gasteiger partial charge in [-0.1, -0.05) is 34.1 Å². The zero-order valence-corrected chi connectivity index (χ0v) is 11.6. The van der Waals surface area contributed by atoms with Crippen molar-refractivity contribution >= 4 is 15.9 Å². The summed E-state index contributed by atoms with van der Waals surface area (Å²) < 4.78 is 2.70. The molecule has 1 N–H and O–H groups in total. The van der Waals surface area contributed by atoms with Crippen LogP contribution in [0.4, 0.5) is 0 Å². The van der Waals surface area contributed by atoms with Crippen molar-refractivity contribution < 1.29 is 5.11 Å². The predicted molar refractivity (Wildman–Crippen MR) is 78.4 cm³/mol. The number of benzene rings is 2. The molecule has 0 fully saturated rings. The van der Waals surface area contributed by atoms with Crippen molar-refractivity contribution in [1.29, 1.82) is 0 Å². The lowest BCUT2D eigenvalue weighted by Gasteiger charge is -2.03. The Morgan fingerprint density at radius 1 is 1.00 bits per heavy atom. The fourth-order valence-corrected chi connectivity index (χ4v) is 2.27. The number of rotatable bonds is 2. The zero-order chi connectivity index (χ0) is 13.2. The Morgan fingerprint density at radius 3 is 2.58 bits per heavy atom. The van der Waals surface area contributed by atoms with Crippen LogP contribution in [0.25, 0.3) is 16.9 Å². The van der Waals surface area contributed by atoms with E-state index in [1.165, 1.54) is 0 Å². The maximum absolute atomic E-state index is 9.90. The molecule has 0 amide bonds. The van der Waals surface area contributed by atoms with Gasteiger partial charge in [0.1, 0.15) is 5.75 Å². The Labute approximate surface area is 119 Å². The first-order valence-corrected chi connectivity index (χ1v) is 6.63. The summed E-state index contributed by atoms with van der Waals surface area (Å²) >= 11 is 3.40. The third-order valence-corrected chi connectivity index (χ3v) is 3.34. The van der Waals surface area contributed by atoms with Gasteiger partial charge in [0, 0.05) is 16.2 Å². The lowest BCUT2D eigenvalue weighted by Crippen LogP contribution is -1.94. The van der Waals surface area contributed by atoms with E-state index in [-0.39, 0.29) is 5.75 Å². The maximum Gasteiger partial charge on any atom is 0.125 e.